The van der Waals surface area contributed by atoms with E-state index < -0.39 is 0 Å². The minimum Gasteiger partial charge on any atom is -0.497 e. The Bertz CT molecular complexity index is 930. The van der Waals surface area contributed by atoms with Crippen molar-refractivity contribution in [3.05, 3.63) is 52.3 Å². The van der Waals surface area contributed by atoms with Crippen LogP contribution in [0, 0.1) is 12.8 Å². The standard InChI is InChI=1S/C25H35N3O2/c1-6-28(7-2)24(29)23-17(3)21-15-25(18-9-8-10-20(13-18)30-5)11-12-27(4)16-19(25)14-22(21)26-23/h8-10,13,19,26H,6-7,11-12,14-16H2,1-5H3/t19-,25+/m1/s1. The number of H-pyrrole nitrogens is 1. The quantitative estimate of drug-likeness (QED) is 0.817. The van der Waals surface area contributed by atoms with E-state index in [0.29, 0.717) is 5.92 Å². The first-order chi connectivity index (χ1) is 14.4. The van der Waals surface area contributed by atoms with Gasteiger partial charge in [-0.2, -0.15) is 0 Å². The number of nitrogens with one attached hydrogen (secondary N) is 1. The summed E-state index contributed by atoms with van der Waals surface area (Å²) in [5, 5.41) is 0. The molecule has 2 aromatic rings. The number of aromatic nitrogens is 1. The van der Waals surface area contributed by atoms with Gasteiger partial charge in [-0.15, -0.1) is 0 Å². The molecule has 162 valence electrons. The normalized spacial score (nSPS) is 23.6. The van der Waals surface area contributed by atoms with Crippen molar-refractivity contribution in [1.82, 2.24) is 14.8 Å². The Balaban J connectivity index is 1.78. The average Bonchev–Trinajstić information content (AvgIpc) is 3.08. The number of hydrogen-bond acceptors (Lipinski definition) is 3. The number of nitrogens with zero attached hydrogens (tertiary/aromatic N) is 2. The molecule has 1 aromatic carbocycles. The van der Waals surface area contributed by atoms with Gasteiger partial charge in [0, 0.05) is 30.7 Å². The van der Waals surface area contributed by atoms with Crippen LogP contribution in [0.15, 0.2) is 24.3 Å². The maximum atomic E-state index is 13.1. The number of amides is 1. The molecule has 1 saturated heterocycles. The number of likely N-dealkylation sites (tertiary alicyclic amines) is 1. The molecule has 30 heavy (non-hydrogen) atoms. The number of methoxy groups -OCH3 is 1. The Morgan fingerprint density at radius 1 is 1.33 bits per heavy atom. The largest absolute Gasteiger partial charge is 0.497 e. The molecule has 2 atom stereocenters. The van der Waals surface area contributed by atoms with Crippen molar-refractivity contribution < 1.29 is 9.53 Å². The fourth-order valence-electron chi connectivity index (χ4n) is 5.70. The van der Waals surface area contributed by atoms with Crippen molar-refractivity contribution in [1.29, 1.82) is 0 Å². The summed E-state index contributed by atoms with van der Waals surface area (Å²) in [5.74, 6) is 1.57. The molecule has 5 nitrogen and oxygen atoms in total. The summed E-state index contributed by atoms with van der Waals surface area (Å²) in [7, 11) is 3.96. The monoisotopic (exact) mass is 409 g/mol. The van der Waals surface area contributed by atoms with Crippen LogP contribution < -0.4 is 4.74 Å². The number of carbonyl (C=O) groups excluding carboxylic acids is 1. The zero-order chi connectivity index (χ0) is 21.5. The van der Waals surface area contributed by atoms with Crippen LogP contribution in [-0.4, -0.2) is 61.0 Å². The Morgan fingerprint density at radius 3 is 2.80 bits per heavy atom. The van der Waals surface area contributed by atoms with E-state index in [4.69, 9.17) is 4.74 Å². The van der Waals surface area contributed by atoms with E-state index in [1.54, 1.807) is 7.11 Å². The van der Waals surface area contributed by atoms with Gasteiger partial charge in [0.15, 0.2) is 0 Å². The molecule has 0 spiro atoms. The molecular formula is C25H35N3O2. The number of carbonyl (C=O) groups is 1. The van der Waals surface area contributed by atoms with Gasteiger partial charge in [0.1, 0.15) is 11.4 Å². The Kier molecular flexibility index (Phi) is 5.67. The second-order valence-electron chi connectivity index (χ2n) is 9.04. The third-order valence-electron chi connectivity index (χ3n) is 7.57. The van der Waals surface area contributed by atoms with Gasteiger partial charge in [0.05, 0.1) is 7.11 Å². The highest BCUT2D eigenvalue weighted by atomic mass is 16.5. The lowest BCUT2D eigenvalue weighted by molar-refractivity contribution is 0.0766. The fourth-order valence-corrected chi connectivity index (χ4v) is 5.70. The summed E-state index contributed by atoms with van der Waals surface area (Å²) >= 11 is 0. The molecular weight excluding hydrogens is 374 g/mol. The van der Waals surface area contributed by atoms with Crippen LogP contribution in [0.25, 0.3) is 0 Å². The van der Waals surface area contributed by atoms with Crippen LogP contribution in [0.5, 0.6) is 5.75 Å². The van der Waals surface area contributed by atoms with Crippen LogP contribution in [-0.2, 0) is 18.3 Å². The van der Waals surface area contributed by atoms with Crippen molar-refractivity contribution in [2.45, 2.75) is 45.4 Å². The first kappa shape index (κ1) is 21.0. The van der Waals surface area contributed by atoms with Crippen molar-refractivity contribution in [3.63, 3.8) is 0 Å². The first-order valence-electron chi connectivity index (χ1n) is 11.3. The number of rotatable bonds is 5. The molecule has 0 saturated carbocycles. The van der Waals surface area contributed by atoms with Crippen LogP contribution in [0.3, 0.4) is 0 Å². The fraction of sp³-hybridized carbons (Fsp3) is 0.560. The maximum absolute atomic E-state index is 13.1. The van der Waals surface area contributed by atoms with E-state index in [1.807, 2.05) is 24.8 Å². The number of hydrogen-bond donors (Lipinski definition) is 1. The highest BCUT2D eigenvalue weighted by Gasteiger charge is 2.48. The minimum absolute atomic E-state index is 0.0938. The van der Waals surface area contributed by atoms with E-state index in [0.717, 1.165) is 62.4 Å². The summed E-state index contributed by atoms with van der Waals surface area (Å²) < 4.78 is 5.56. The summed E-state index contributed by atoms with van der Waals surface area (Å²) in [5.41, 5.74) is 6.02. The summed E-state index contributed by atoms with van der Waals surface area (Å²) in [6.07, 6.45) is 3.11. The molecule has 1 amide bonds. The van der Waals surface area contributed by atoms with E-state index in [-0.39, 0.29) is 11.3 Å². The van der Waals surface area contributed by atoms with Gasteiger partial charge >= 0.3 is 0 Å². The number of piperidine rings is 1. The lowest BCUT2D eigenvalue weighted by Gasteiger charge is -2.50. The molecule has 1 N–H and O–H groups in total. The maximum Gasteiger partial charge on any atom is 0.270 e. The topological polar surface area (TPSA) is 48.6 Å². The molecule has 2 aliphatic rings. The summed E-state index contributed by atoms with van der Waals surface area (Å²) in [6.45, 7) is 9.86. The molecule has 1 fully saturated rings. The van der Waals surface area contributed by atoms with Gasteiger partial charge in [-0.1, -0.05) is 12.1 Å². The lowest BCUT2D eigenvalue weighted by atomic mass is 9.58. The molecule has 0 unspecified atom stereocenters. The van der Waals surface area contributed by atoms with Gasteiger partial charge in [-0.25, -0.2) is 0 Å². The summed E-state index contributed by atoms with van der Waals surface area (Å²) in [4.78, 5) is 21.0. The Labute approximate surface area is 180 Å². The predicted molar refractivity (Wildman–Crippen MR) is 120 cm³/mol. The van der Waals surface area contributed by atoms with Crippen molar-refractivity contribution in [2.75, 3.05) is 40.3 Å². The van der Waals surface area contributed by atoms with Crippen LogP contribution in [0.4, 0.5) is 0 Å². The van der Waals surface area contributed by atoms with E-state index in [2.05, 4.69) is 42.1 Å². The SMILES string of the molecule is CCN(CC)C(=O)c1[nH]c2c(c1C)C[C@]1(c3cccc(OC)c3)CCN(C)C[C@H]1C2. The van der Waals surface area contributed by atoms with Crippen LogP contribution >= 0.6 is 0 Å². The zero-order valence-electron chi connectivity index (χ0n) is 19.0. The number of aromatic amines is 1. The number of ether oxygens (including phenoxy) is 1. The molecule has 0 bridgehead atoms. The van der Waals surface area contributed by atoms with E-state index in [9.17, 15) is 4.79 Å². The first-order valence-corrected chi connectivity index (χ1v) is 11.3. The van der Waals surface area contributed by atoms with Gasteiger partial charge in [0.25, 0.3) is 5.91 Å². The molecule has 1 aliphatic carbocycles. The molecule has 2 heterocycles. The number of benzene rings is 1. The number of fused-ring (bicyclic) bond motifs is 2. The lowest BCUT2D eigenvalue weighted by Crippen LogP contribution is -2.52. The molecule has 1 aliphatic heterocycles. The van der Waals surface area contributed by atoms with Crippen molar-refractivity contribution in [2.24, 2.45) is 5.92 Å². The van der Waals surface area contributed by atoms with Gasteiger partial charge < -0.3 is 19.5 Å². The Morgan fingerprint density at radius 2 is 2.10 bits per heavy atom. The zero-order valence-corrected chi connectivity index (χ0v) is 19.0. The molecule has 0 radical (unpaired) electrons. The third-order valence-corrected chi connectivity index (χ3v) is 7.57. The average molecular weight is 410 g/mol. The van der Waals surface area contributed by atoms with Crippen molar-refractivity contribution >= 4 is 5.91 Å². The van der Waals surface area contributed by atoms with Crippen LogP contribution in [0.2, 0.25) is 0 Å². The van der Waals surface area contributed by atoms with E-state index in [1.165, 1.54) is 16.8 Å². The molecule has 4 rings (SSSR count). The second-order valence-corrected chi connectivity index (χ2v) is 9.04. The van der Waals surface area contributed by atoms with Gasteiger partial charge in [-0.3, -0.25) is 4.79 Å². The highest BCUT2D eigenvalue weighted by molar-refractivity contribution is 5.94. The minimum atomic E-state index is 0.0938. The molecule has 1 aromatic heterocycles. The van der Waals surface area contributed by atoms with Crippen molar-refractivity contribution in [3.8, 4) is 5.75 Å². The second kappa shape index (κ2) is 8.10. The van der Waals surface area contributed by atoms with Gasteiger partial charge in [-0.05, 0) is 88.4 Å². The predicted octanol–water partition coefficient (Wildman–Crippen LogP) is 3.80. The van der Waals surface area contributed by atoms with Gasteiger partial charge in [0.2, 0.25) is 0 Å². The van der Waals surface area contributed by atoms with E-state index >= 15 is 0 Å². The summed E-state index contributed by atoms with van der Waals surface area (Å²) in [6, 6.07) is 8.65. The molecule has 5 heteroatoms. The third kappa shape index (κ3) is 3.33. The Hall–Kier alpha value is -2.27. The smallest absolute Gasteiger partial charge is 0.270 e. The highest BCUT2D eigenvalue weighted by Crippen LogP contribution is 2.49. The van der Waals surface area contributed by atoms with Crippen LogP contribution in [0.1, 0.15) is 53.1 Å².